The Balaban J connectivity index is 1.69. The number of rotatable bonds is 9. The normalized spacial score (nSPS) is 12.6. The number of hydrogen-bond acceptors (Lipinski definition) is 13. The van der Waals surface area contributed by atoms with E-state index >= 15 is 0 Å². The smallest absolute Gasteiger partial charge is 0.296 e. The van der Waals surface area contributed by atoms with Crippen LogP contribution >= 0.6 is 12.0 Å². The molecule has 0 unspecified atom stereocenters. The van der Waals surface area contributed by atoms with Gasteiger partial charge in [-0.15, -0.1) is 14.6 Å². The van der Waals surface area contributed by atoms with Crippen molar-refractivity contribution in [1.82, 2.24) is 0 Å². The Hall–Kier alpha value is -3.81. The highest BCUT2D eigenvalue weighted by Crippen LogP contribution is 2.40. The van der Waals surface area contributed by atoms with Crippen molar-refractivity contribution >= 4 is 65.8 Å². The second kappa shape index (κ2) is 11.5. The first-order chi connectivity index (χ1) is 18.5. The standard InChI is InChI=1S/C22H16N4O10S3/c27-22-17-4-2-1-3-16(17)20(38(29,30)31)12-19(22)26-25-18-10-7-14(11-21(18)39(32,33)34)24-23-13-5-8-15(9-6-13)37-36-35-28/h1-12,27-28H,(H,29,30,31)(H,32,33,34)/b24-23+,26-25+. The van der Waals surface area contributed by atoms with Crippen molar-refractivity contribution in [2.24, 2.45) is 20.5 Å². The monoisotopic (exact) mass is 592 g/mol. The molecule has 0 spiro atoms. The maximum Gasteiger partial charge on any atom is 0.296 e. The van der Waals surface area contributed by atoms with Gasteiger partial charge in [-0.3, -0.25) is 9.11 Å². The van der Waals surface area contributed by atoms with Gasteiger partial charge < -0.3 is 5.11 Å². The van der Waals surface area contributed by atoms with Crippen LogP contribution in [-0.4, -0.2) is 36.3 Å². The van der Waals surface area contributed by atoms with Gasteiger partial charge in [0.2, 0.25) is 0 Å². The molecule has 0 aliphatic rings. The van der Waals surface area contributed by atoms with E-state index in [-0.39, 0.29) is 27.8 Å². The van der Waals surface area contributed by atoms with Crippen LogP contribution in [-0.2, 0) is 29.6 Å². The van der Waals surface area contributed by atoms with Gasteiger partial charge in [0.25, 0.3) is 20.2 Å². The van der Waals surface area contributed by atoms with Gasteiger partial charge in [0.05, 0.1) is 23.4 Å². The Bertz CT molecular complexity index is 1810. The summed E-state index contributed by atoms with van der Waals surface area (Å²) in [5, 5.41) is 37.8. The Morgan fingerprint density at radius 2 is 1.26 bits per heavy atom. The molecule has 0 radical (unpaired) electrons. The Morgan fingerprint density at radius 3 is 1.90 bits per heavy atom. The van der Waals surface area contributed by atoms with Crippen LogP contribution in [0.3, 0.4) is 0 Å². The molecule has 17 heteroatoms. The van der Waals surface area contributed by atoms with E-state index in [0.717, 1.165) is 30.2 Å². The zero-order valence-electron chi connectivity index (χ0n) is 19.2. The lowest BCUT2D eigenvalue weighted by Crippen LogP contribution is -1.99. The first kappa shape index (κ1) is 28.2. The molecule has 0 saturated carbocycles. The molecule has 0 heterocycles. The largest absolute Gasteiger partial charge is 0.505 e. The second-order valence-electron chi connectivity index (χ2n) is 7.51. The number of hydrogen-bond donors (Lipinski definition) is 4. The van der Waals surface area contributed by atoms with Crippen LogP contribution in [0, 0.1) is 0 Å². The van der Waals surface area contributed by atoms with Gasteiger partial charge in [-0.05, 0) is 48.5 Å². The molecule has 0 saturated heterocycles. The van der Waals surface area contributed by atoms with E-state index in [2.05, 4.69) is 29.8 Å². The van der Waals surface area contributed by atoms with Gasteiger partial charge in [-0.1, -0.05) is 29.3 Å². The van der Waals surface area contributed by atoms with E-state index < -0.39 is 35.8 Å². The number of nitrogens with zero attached hydrogens (tertiary/aromatic N) is 4. The molecule has 4 aromatic rings. The highest BCUT2D eigenvalue weighted by molar-refractivity contribution is 7.94. The SMILES string of the molecule is O=S(=O)(O)c1cc(/N=N/c2ccc(SOOO)cc2)ccc1/N=N/c1cc(S(=O)(=O)O)c2ccccc2c1O. The molecule has 0 atom stereocenters. The van der Waals surface area contributed by atoms with Crippen LogP contribution in [0.15, 0.2) is 108 Å². The number of phenolic OH excluding ortho intramolecular Hbond substituents is 1. The van der Waals surface area contributed by atoms with Gasteiger partial charge in [0, 0.05) is 15.7 Å². The average Bonchev–Trinajstić information content (AvgIpc) is 2.90. The Kier molecular flexibility index (Phi) is 8.33. The van der Waals surface area contributed by atoms with E-state index in [1.54, 1.807) is 24.3 Å². The van der Waals surface area contributed by atoms with Crippen molar-refractivity contribution in [3.63, 3.8) is 0 Å². The fourth-order valence-electron chi connectivity index (χ4n) is 3.30. The van der Waals surface area contributed by atoms with Crippen LogP contribution in [0.5, 0.6) is 5.75 Å². The summed E-state index contributed by atoms with van der Waals surface area (Å²) in [6, 6.07) is 16.4. The predicted molar refractivity (Wildman–Crippen MR) is 137 cm³/mol. The van der Waals surface area contributed by atoms with Crippen molar-refractivity contribution in [1.29, 1.82) is 0 Å². The van der Waals surface area contributed by atoms with Gasteiger partial charge in [0.1, 0.15) is 21.2 Å². The molecule has 0 aliphatic carbocycles. The zero-order valence-corrected chi connectivity index (χ0v) is 21.6. The molecule has 4 N–H and O–H groups in total. The lowest BCUT2D eigenvalue weighted by atomic mass is 10.1. The number of fused-ring (bicyclic) bond motifs is 1. The van der Waals surface area contributed by atoms with Crippen LogP contribution in [0.25, 0.3) is 10.8 Å². The quantitative estimate of drug-likeness (QED) is 0.0555. The third-order valence-electron chi connectivity index (χ3n) is 5.00. The fraction of sp³-hybridized carbons (Fsp3) is 0. The fourth-order valence-corrected chi connectivity index (χ4v) is 5.02. The van der Waals surface area contributed by atoms with E-state index in [1.165, 1.54) is 30.3 Å². The molecule has 202 valence electrons. The molecule has 0 aromatic heterocycles. The number of azo groups is 2. The van der Waals surface area contributed by atoms with Crippen molar-refractivity contribution < 1.29 is 45.7 Å². The van der Waals surface area contributed by atoms with Crippen molar-refractivity contribution in [2.45, 2.75) is 14.7 Å². The van der Waals surface area contributed by atoms with Gasteiger partial charge in [-0.2, -0.15) is 27.1 Å². The topological polar surface area (TPSA) is 217 Å². The van der Waals surface area contributed by atoms with Crippen molar-refractivity contribution in [2.75, 3.05) is 0 Å². The van der Waals surface area contributed by atoms with Gasteiger partial charge >= 0.3 is 0 Å². The van der Waals surface area contributed by atoms with Crippen LogP contribution in [0.4, 0.5) is 22.7 Å². The molecule has 0 amide bonds. The van der Waals surface area contributed by atoms with E-state index in [4.69, 9.17) is 5.26 Å². The molecule has 0 aliphatic heterocycles. The van der Waals surface area contributed by atoms with Crippen molar-refractivity contribution in [3.8, 4) is 5.75 Å². The minimum absolute atomic E-state index is 0.0271. The number of aromatic hydroxyl groups is 1. The summed E-state index contributed by atoms with van der Waals surface area (Å²) in [5.41, 5.74) is -0.337. The van der Waals surface area contributed by atoms with E-state index in [0.29, 0.717) is 10.6 Å². The first-order valence-corrected chi connectivity index (χ1v) is 14.0. The van der Waals surface area contributed by atoms with Crippen LogP contribution in [0.2, 0.25) is 0 Å². The van der Waals surface area contributed by atoms with E-state index in [1.807, 2.05) is 0 Å². The molecule has 0 bridgehead atoms. The third kappa shape index (κ3) is 6.80. The van der Waals surface area contributed by atoms with Crippen LogP contribution in [0.1, 0.15) is 0 Å². The van der Waals surface area contributed by atoms with Gasteiger partial charge in [0.15, 0.2) is 5.75 Å². The molecular formula is C22H16N4O10S3. The molecule has 14 nitrogen and oxygen atoms in total. The molecule has 0 fully saturated rings. The summed E-state index contributed by atoms with van der Waals surface area (Å²) >= 11 is 0.740. The Morgan fingerprint density at radius 1 is 0.667 bits per heavy atom. The number of benzene rings is 4. The zero-order chi connectivity index (χ0) is 28.2. The minimum Gasteiger partial charge on any atom is -0.505 e. The first-order valence-electron chi connectivity index (χ1n) is 10.4. The summed E-state index contributed by atoms with van der Waals surface area (Å²) in [7, 11) is -9.56. The summed E-state index contributed by atoms with van der Waals surface area (Å²) < 4.78 is 71.4. The summed E-state index contributed by atoms with van der Waals surface area (Å²) in [5.74, 6) is -0.472. The summed E-state index contributed by atoms with van der Waals surface area (Å²) in [4.78, 5) is -0.657. The molecule has 4 rings (SSSR count). The average molecular weight is 593 g/mol. The second-order valence-corrected chi connectivity index (χ2v) is 11.1. The summed E-state index contributed by atoms with van der Waals surface area (Å²) in [6.45, 7) is 0. The highest BCUT2D eigenvalue weighted by atomic mass is 32.2. The molecule has 39 heavy (non-hydrogen) atoms. The Labute approximate surface area is 224 Å². The van der Waals surface area contributed by atoms with E-state index in [9.17, 15) is 31.0 Å². The lowest BCUT2D eigenvalue weighted by Gasteiger charge is -2.08. The minimum atomic E-state index is -4.84. The van der Waals surface area contributed by atoms with Crippen molar-refractivity contribution in [3.05, 3.63) is 72.8 Å². The van der Waals surface area contributed by atoms with Crippen LogP contribution < -0.4 is 0 Å². The predicted octanol–water partition coefficient (Wildman–Crippen LogP) is 6.30. The summed E-state index contributed by atoms with van der Waals surface area (Å²) in [6.07, 6.45) is 0. The third-order valence-corrected chi connectivity index (χ3v) is 7.37. The number of phenols is 1. The maximum absolute atomic E-state index is 12.0. The molecular weight excluding hydrogens is 576 g/mol. The molecule has 4 aromatic carbocycles. The lowest BCUT2D eigenvalue weighted by molar-refractivity contribution is -0.432. The highest BCUT2D eigenvalue weighted by Gasteiger charge is 2.20. The maximum atomic E-state index is 12.0. The van der Waals surface area contributed by atoms with Gasteiger partial charge in [-0.25, -0.2) is 5.26 Å².